The number of carbonyl (C=O) groups excluding carboxylic acids is 2. The van der Waals surface area contributed by atoms with E-state index in [1.165, 1.54) is 19.2 Å². The van der Waals surface area contributed by atoms with Crippen LogP contribution in [0.4, 0.5) is 0 Å². The molecule has 0 aliphatic carbocycles. The standard InChI is InChI=1S/C15H20N4O5S/c1-24-9-8-17-25(22,23)12-4-2-11(3-5-12)10-16-15(21)13-6-7-14(20)19-18-13/h2-5,17H,6-10H2,1H3,(H,16,21)(H,19,20). The molecule has 0 fully saturated rings. The van der Waals surface area contributed by atoms with Gasteiger partial charge in [0.05, 0.1) is 11.5 Å². The Hall–Kier alpha value is -2.30. The molecule has 0 unspecified atom stereocenters. The van der Waals surface area contributed by atoms with Crippen LogP contribution in [-0.2, 0) is 30.9 Å². The number of amides is 2. The van der Waals surface area contributed by atoms with Gasteiger partial charge < -0.3 is 10.1 Å². The van der Waals surface area contributed by atoms with E-state index in [9.17, 15) is 18.0 Å². The van der Waals surface area contributed by atoms with Crippen molar-refractivity contribution in [1.29, 1.82) is 0 Å². The highest BCUT2D eigenvalue weighted by molar-refractivity contribution is 7.89. The summed E-state index contributed by atoms with van der Waals surface area (Å²) in [4.78, 5) is 23.1. The molecule has 1 aliphatic rings. The minimum Gasteiger partial charge on any atom is -0.383 e. The lowest BCUT2D eigenvalue weighted by atomic mass is 10.1. The van der Waals surface area contributed by atoms with Crippen molar-refractivity contribution in [3.63, 3.8) is 0 Å². The summed E-state index contributed by atoms with van der Waals surface area (Å²) in [6.07, 6.45) is 0.525. The molecule has 0 saturated carbocycles. The summed E-state index contributed by atoms with van der Waals surface area (Å²) in [5.41, 5.74) is 3.27. The Bertz CT molecular complexity index is 759. The quantitative estimate of drug-likeness (QED) is 0.533. The second-order valence-electron chi connectivity index (χ2n) is 5.31. The first-order valence-electron chi connectivity index (χ1n) is 7.63. The third-order valence-corrected chi connectivity index (χ3v) is 4.93. The zero-order valence-corrected chi connectivity index (χ0v) is 14.6. The number of hydrogen-bond acceptors (Lipinski definition) is 6. The fraction of sp³-hybridized carbons (Fsp3) is 0.400. The molecule has 0 saturated heterocycles. The number of hydrazone groups is 1. The summed E-state index contributed by atoms with van der Waals surface area (Å²) in [6, 6.07) is 6.18. The van der Waals surface area contributed by atoms with Gasteiger partial charge in [0.1, 0.15) is 5.71 Å². The molecule has 0 radical (unpaired) electrons. The number of nitrogens with one attached hydrogen (secondary N) is 3. The average Bonchev–Trinajstić information content (AvgIpc) is 2.61. The van der Waals surface area contributed by atoms with Crippen molar-refractivity contribution in [2.45, 2.75) is 24.3 Å². The summed E-state index contributed by atoms with van der Waals surface area (Å²) in [6.45, 7) is 0.701. The van der Waals surface area contributed by atoms with Crippen molar-refractivity contribution in [3.05, 3.63) is 29.8 Å². The Kier molecular flexibility index (Phi) is 6.62. The molecule has 10 heteroatoms. The van der Waals surface area contributed by atoms with E-state index >= 15 is 0 Å². The van der Waals surface area contributed by atoms with Crippen LogP contribution in [0.5, 0.6) is 0 Å². The highest BCUT2D eigenvalue weighted by Gasteiger charge is 2.18. The number of rotatable bonds is 8. The van der Waals surface area contributed by atoms with E-state index in [1.54, 1.807) is 12.1 Å². The molecular formula is C15H20N4O5S. The number of methoxy groups -OCH3 is 1. The van der Waals surface area contributed by atoms with Crippen LogP contribution >= 0.6 is 0 Å². The number of benzene rings is 1. The zero-order chi connectivity index (χ0) is 18.3. The van der Waals surface area contributed by atoms with Crippen LogP contribution < -0.4 is 15.5 Å². The smallest absolute Gasteiger partial charge is 0.267 e. The van der Waals surface area contributed by atoms with Crippen LogP contribution in [0.15, 0.2) is 34.3 Å². The SMILES string of the molecule is COCCNS(=O)(=O)c1ccc(CNC(=O)C2=NNC(=O)CC2)cc1. The van der Waals surface area contributed by atoms with E-state index in [0.717, 1.165) is 5.56 Å². The van der Waals surface area contributed by atoms with Crippen LogP contribution in [0.1, 0.15) is 18.4 Å². The Morgan fingerprint density at radius 1 is 1.28 bits per heavy atom. The first-order valence-corrected chi connectivity index (χ1v) is 9.12. The lowest BCUT2D eigenvalue weighted by Crippen LogP contribution is -2.36. The Balaban J connectivity index is 1.90. The molecule has 3 N–H and O–H groups in total. The second-order valence-corrected chi connectivity index (χ2v) is 7.08. The molecule has 1 aliphatic heterocycles. The van der Waals surface area contributed by atoms with Gasteiger partial charge in [0.2, 0.25) is 15.9 Å². The van der Waals surface area contributed by atoms with Gasteiger partial charge in [-0.05, 0) is 17.7 Å². The van der Waals surface area contributed by atoms with Gasteiger partial charge in [-0.15, -0.1) is 0 Å². The number of carbonyl (C=O) groups is 2. The minimum absolute atomic E-state index is 0.137. The zero-order valence-electron chi connectivity index (χ0n) is 13.7. The van der Waals surface area contributed by atoms with Gasteiger partial charge in [-0.25, -0.2) is 18.6 Å². The highest BCUT2D eigenvalue weighted by Crippen LogP contribution is 2.10. The van der Waals surface area contributed by atoms with E-state index < -0.39 is 10.0 Å². The normalized spacial score (nSPS) is 14.6. The first kappa shape index (κ1) is 19.0. The minimum atomic E-state index is -3.58. The maximum absolute atomic E-state index is 12.0. The topological polar surface area (TPSA) is 126 Å². The Morgan fingerprint density at radius 2 is 2.00 bits per heavy atom. The predicted molar refractivity (Wildman–Crippen MR) is 90.2 cm³/mol. The monoisotopic (exact) mass is 368 g/mol. The molecule has 0 bridgehead atoms. The molecule has 0 spiro atoms. The summed E-state index contributed by atoms with van der Waals surface area (Å²) < 4.78 is 31.3. The molecule has 1 aromatic rings. The van der Waals surface area contributed by atoms with Crippen molar-refractivity contribution >= 4 is 27.5 Å². The fourth-order valence-corrected chi connectivity index (χ4v) is 3.08. The molecule has 2 amide bonds. The third kappa shape index (κ3) is 5.62. The molecule has 1 heterocycles. The number of sulfonamides is 1. The van der Waals surface area contributed by atoms with Crippen LogP contribution in [-0.4, -0.2) is 46.2 Å². The van der Waals surface area contributed by atoms with Gasteiger partial charge in [-0.1, -0.05) is 12.1 Å². The molecule has 2 rings (SSSR count). The molecule has 9 nitrogen and oxygen atoms in total. The molecule has 1 aromatic carbocycles. The number of ether oxygens (including phenoxy) is 1. The molecule has 0 atom stereocenters. The van der Waals surface area contributed by atoms with Crippen molar-refractivity contribution in [1.82, 2.24) is 15.5 Å². The maximum Gasteiger partial charge on any atom is 0.267 e. The molecule has 0 aromatic heterocycles. The van der Waals surface area contributed by atoms with Crippen molar-refractivity contribution < 1.29 is 22.7 Å². The molecule has 136 valence electrons. The van der Waals surface area contributed by atoms with E-state index in [4.69, 9.17) is 4.74 Å². The summed E-state index contributed by atoms with van der Waals surface area (Å²) in [5.74, 6) is -0.578. The van der Waals surface area contributed by atoms with Crippen LogP contribution in [0.25, 0.3) is 0 Å². The lowest BCUT2D eigenvalue weighted by Gasteiger charge is -2.12. The average molecular weight is 368 g/mol. The number of nitrogens with zero attached hydrogens (tertiary/aromatic N) is 1. The predicted octanol–water partition coefficient (Wildman–Crippen LogP) is -0.506. The third-order valence-electron chi connectivity index (χ3n) is 3.45. The van der Waals surface area contributed by atoms with Gasteiger partial charge in [-0.2, -0.15) is 5.10 Å². The van der Waals surface area contributed by atoms with Crippen molar-refractivity contribution in [2.24, 2.45) is 5.10 Å². The van der Waals surface area contributed by atoms with Gasteiger partial charge in [0, 0.05) is 33.0 Å². The van der Waals surface area contributed by atoms with Crippen LogP contribution in [0.3, 0.4) is 0 Å². The van der Waals surface area contributed by atoms with Gasteiger partial charge in [-0.3, -0.25) is 9.59 Å². The van der Waals surface area contributed by atoms with Crippen LogP contribution in [0.2, 0.25) is 0 Å². The van der Waals surface area contributed by atoms with Gasteiger partial charge in [0.25, 0.3) is 5.91 Å². The maximum atomic E-state index is 12.0. The molecule has 25 heavy (non-hydrogen) atoms. The lowest BCUT2D eigenvalue weighted by molar-refractivity contribution is -0.121. The van der Waals surface area contributed by atoms with Crippen LogP contribution in [0, 0.1) is 0 Å². The van der Waals surface area contributed by atoms with Crippen molar-refractivity contribution in [3.8, 4) is 0 Å². The van der Waals surface area contributed by atoms with Gasteiger partial charge in [0.15, 0.2) is 0 Å². The summed E-state index contributed by atoms with van der Waals surface area (Å²) >= 11 is 0. The summed E-state index contributed by atoms with van der Waals surface area (Å²) in [7, 11) is -2.09. The Morgan fingerprint density at radius 3 is 2.60 bits per heavy atom. The Labute approximate surface area is 145 Å². The molecular weight excluding hydrogens is 348 g/mol. The number of hydrogen-bond donors (Lipinski definition) is 3. The second kappa shape index (κ2) is 8.70. The largest absolute Gasteiger partial charge is 0.383 e. The van der Waals surface area contributed by atoms with E-state index in [1.807, 2.05) is 0 Å². The van der Waals surface area contributed by atoms with E-state index in [0.29, 0.717) is 6.42 Å². The van der Waals surface area contributed by atoms with Gasteiger partial charge >= 0.3 is 0 Å². The van der Waals surface area contributed by atoms with Crippen molar-refractivity contribution in [2.75, 3.05) is 20.3 Å². The highest BCUT2D eigenvalue weighted by atomic mass is 32.2. The summed E-state index contributed by atoms with van der Waals surface area (Å²) in [5, 5.41) is 6.39. The van der Waals surface area contributed by atoms with E-state index in [2.05, 4.69) is 20.6 Å². The fourth-order valence-electron chi connectivity index (χ4n) is 2.07. The van der Waals surface area contributed by atoms with E-state index in [-0.39, 0.29) is 48.5 Å². The first-order chi connectivity index (χ1) is 11.9.